The Kier molecular flexibility index (Phi) is 24.3. The molecule has 4 aliphatic rings. The fourth-order valence-electron chi connectivity index (χ4n) is 12.6. The second-order valence-electron chi connectivity index (χ2n) is 25.7. The number of esters is 1. The third-order valence-electron chi connectivity index (χ3n) is 17.5. The molecule has 0 bridgehead atoms. The van der Waals surface area contributed by atoms with Crippen LogP contribution < -0.4 is 10.2 Å². The molecule has 0 unspecified atom stereocenters. The van der Waals surface area contributed by atoms with Crippen molar-refractivity contribution in [1.82, 2.24) is 15.0 Å². The van der Waals surface area contributed by atoms with Gasteiger partial charge in [0.1, 0.15) is 17.5 Å². The molecule has 502 valence electrons. The molecule has 0 radical (unpaired) electrons. The molecule has 3 saturated carbocycles. The molecule has 9 aromatic rings. The van der Waals surface area contributed by atoms with Crippen molar-refractivity contribution >= 4 is 107 Å². The summed E-state index contributed by atoms with van der Waals surface area (Å²) in [5.41, 5.74) is 13.8. The number of para-hydroxylation sites is 3. The molecule has 3 aromatic heterocycles. The van der Waals surface area contributed by atoms with E-state index in [0.29, 0.717) is 24.2 Å². The van der Waals surface area contributed by atoms with E-state index in [9.17, 15) is 58.2 Å². The number of methoxy groups -OCH3 is 1. The molecule has 6 aromatic carbocycles. The molecule has 1 aliphatic heterocycles. The molecule has 3 aliphatic carbocycles. The average molecular weight is 1360 g/mol. The van der Waals surface area contributed by atoms with E-state index in [1.165, 1.54) is 43.5 Å². The topological polar surface area (TPSA) is 245 Å². The van der Waals surface area contributed by atoms with Crippen LogP contribution in [0.5, 0.6) is 0 Å². The van der Waals surface area contributed by atoms with E-state index < -0.39 is 55.0 Å². The fourth-order valence-corrected chi connectivity index (χ4v) is 12.6. The maximum atomic E-state index is 13.8. The van der Waals surface area contributed by atoms with Gasteiger partial charge in [-0.3, -0.25) is 19.7 Å². The second kappa shape index (κ2) is 32.8. The quantitative estimate of drug-likeness (QED) is 0.0364. The molecule has 98 heavy (non-hydrogen) atoms. The van der Waals surface area contributed by atoms with Crippen LogP contribution in [0.15, 0.2) is 164 Å². The van der Waals surface area contributed by atoms with Gasteiger partial charge < -0.3 is 54.4 Å². The minimum absolute atomic E-state index is 0. The van der Waals surface area contributed by atoms with E-state index in [-0.39, 0.29) is 92.6 Å². The first-order valence-corrected chi connectivity index (χ1v) is 32.8. The Morgan fingerprint density at radius 3 is 1.19 bits per heavy atom. The van der Waals surface area contributed by atoms with Crippen LogP contribution in [0.3, 0.4) is 0 Å². The summed E-state index contributed by atoms with van der Waals surface area (Å²) in [5, 5.41) is 64.3. The van der Waals surface area contributed by atoms with Gasteiger partial charge in [0.05, 0.1) is 83.8 Å². The number of rotatable bonds is 22. The maximum absolute atomic E-state index is 13.8. The van der Waals surface area contributed by atoms with Crippen molar-refractivity contribution in [2.45, 2.75) is 151 Å². The van der Waals surface area contributed by atoms with Gasteiger partial charge in [-0.25, -0.2) is 13.2 Å². The minimum atomic E-state index is -1.36. The average Bonchev–Trinajstić information content (AvgIpc) is 1.56. The number of halogens is 3. The van der Waals surface area contributed by atoms with Crippen molar-refractivity contribution < 1.29 is 72.4 Å². The van der Waals surface area contributed by atoms with Crippen molar-refractivity contribution in [3.63, 3.8) is 0 Å². The van der Waals surface area contributed by atoms with Gasteiger partial charge in [0, 0.05) is 111 Å². The minimum Gasteiger partial charge on any atom is -0.550 e. The van der Waals surface area contributed by atoms with Crippen molar-refractivity contribution in [2.75, 3.05) is 7.11 Å². The van der Waals surface area contributed by atoms with Crippen LogP contribution in [-0.2, 0) is 28.6 Å². The smallest absolute Gasteiger partial charge is 0.550 e. The number of hydrogen-bond acceptors (Lipinski definition) is 15. The van der Waals surface area contributed by atoms with Gasteiger partial charge in [0.2, 0.25) is 0 Å². The number of benzene rings is 6. The van der Waals surface area contributed by atoms with Gasteiger partial charge in [0.15, 0.2) is 5.79 Å². The largest absolute Gasteiger partial charge is 2.00 e. The summed E-state index contributed by atoms with van der Waals surface area (Å²) in [6.07, 6.45) is 11.5. The summed E-state index contributed by atoms with van der Waals surface area (Å²) in [4.78, 5) is 47.9. The van der Waals surface area contributed by atoms with Crippen molar-refractivity contribution in [3.8, 4) is 33.4 Å². The SMILES string of the molecule is COC(=O)C[C@H]1C[C@@H](/C=C/c2c(C3CC3)nc3ccccc3c2-c2ccc(F)cc2)OC(C)(C)O1.O=C([O-])C[C@H](O)C[C@H](O)/C=C/c1c(C2CC2)nc2ccccc2c1-c1ccc(F)cc1.O=C([O-])C[C@H](O)C[C@H](O)/C=C/c1c(C2CC2)nc2ccccc2c1-c1ccc(F)cc1.[Ca+2]. The Balaban J connectivity index is 0.000000159. The summed E-state index contributed by atoms with van der Waals surface area (Å²) in [7, 11) is 1.38. The fraction of sp³-hybridized carbons (Fsp3) is 0.316. The van der Waals surface area contributed by atoms with Crippen LogP contribution in [0.2, 0.25) is 0 Å². The van der Waals surface area contributed by atoms with E-state index in [2.05, 4.69) is 12.1 Å². The number of aliphatic carboxylic acids is 2. The van der Waals surface area contributed by atoms with Crippen LogP contribution in [0.4, 0.5) is 13.2 Å². The van der Waals surface area contributed by atoms with Crippen LogP contribution in [0.1, 0.15) is 142 Å². The van der Waals surface area contributed by atoms with Crippen molar-refractivity contribution in [1.29, 1.82) is 0 Å². The number of pyridine rings is 3. The Morgan fingerprint density at radius 2 is 0.867 bits per heavy atom. The summed E-state index contributed by atoms with van der Waals surface area (Å²) >= 11 is 0. The number of carbonyl (C=O) groups excluding carboxylic acids is 3. The first-order chi connectivity index (χ1) is 46.7. The molecule has 4 N–H and O–H groups in total. The molecular formula is C79H76CaF3N3O12. The molecule has 13 rings (SSSR count). The van der Waals surface area contributed by atoms with Crippen LogP contribution >= 0.6 is 0 Å². The van der Waals surface area contributed by atoms with E-state index in [4.69, 9.17) is 29.2 Å². The van der Waals surface area contributed by atoms with Crippen LogP contribution in [0.25, 0.3) is 84.3 Å². The van der Waals surface area contributed by atoms with E-state index in [0.717, 1.165) is 138 Å². The van der Waals surface area contributed by atoms with Gasteiger partial charge in [-0.15, -0.1) is 0 Å². The number of hydrogen-bond donors (Lipinski definition) is 4. The number of carboxylic acids is 2. The van der Waals surface area contributed by atoms with Gasteiger partial charge in [-0.05, 0) is 124 Å². The molecule has 1 saturated heterocycles. The zero-order valence-electron chi connectivity index (χ0n) is 54.7. The molecule has 0 amide bonds. The Hall–Kier alpha value is -8.01. The van der Waals surface area contributed by atoms with Gasteiger partial charge in [-0.1, -0.05) is 127 Å². The van der Waals surface area contributed by atoms with Gasteiger partial charge in [0.25, 0.3) is 0 Å². The standard InChI is InChI=1S/C29H30FNO4.2C25H24FNO4.Ca/c1-29(2)34-21(16-22(35-29)17-26(32)33-3)14-15-24-27(18-10-12-20(30)13-11-18)23-6-4-5-7-25(23)31-28(24)19-8-9-19;2*26-17-9-7-15(8-10-17)24-20-3-1-2-4-22(20)27-25(16-5-6-16)21(24)12-11-18(28)13-19(29)14-23(30)31;/h4-7,10-15,19,21-22H,8-9,16-17H2,1-3H3;2*1-4,7-12,16,18-19,28-29H,5-6,13-14H2,(H,30,31);/q;;;+2/p-2/b15-14+;2*12-11+;/t21-,22-;2*18-,19-;/m111./s1. The van der Waals surface area contributed by atoms with E-state index >= 15 is 0 Å². The maximum Gasteiger partial charge on any atom is 2.00 e. The molecule has 4 heterocycles. The number of aromatic nitrogens is 3. The Labute approximate surface area is 596 Å². The molecule has 4 fully saturated rings. The monoisotopic (exact) mass is 1360 g/mol. The first-order valence-electron chi connectivity index (χ1n) is 32.8. The number of carboxylic acid groups (broad SMARTS) is 2. The molecule has 6 atom stereocenters. The summed E-state index contributed by atoms with van der Waals surface area (Å²) in [6.45, 7) is 3.71. The van der Waals surface area contributed by atoms with Crippen molar-refractivity contribution in [2.24, 2.45) is 0 Å². The molecule has 19 heteroatoms. The van der Waals surface area contributed by atoms with E-state index in [1.54, 1.807) is 48.6 Å². The Bertz CT molecular complexity index is 4220. The third kappa shape index (κ3) is 19.0. The number of aliphatic hydroxyl groups is 4. The van der Waals surface area contributed by atoms with Gasteiger partial charge in [-0.2, -0.15) is 0 Å². The van der Waals surface area contributed by atoms with Crippen LogP contribution in [-0.4, -0.2) is 141 Å². The third-order valence-corrected chi connectivity index (χ3v) is 17.5. The molecular weight excluding hydrogens is 1280 g/mol. The predicted octanol–water partition coefficient (Wildman–Crippen LogP) is 12.4. The van der Waals surface area contributed by atoms with Crippen molar-refractivity contribution in [3.05, 3.63) is 215 Å². The summed E-state index contributed by atoms with van der Waals surface area (Å²) in [5.74, 6) is -3.70. The number of fused-ring (bicyclic) bond motifs is 3. The predicted molar refractivity (Wildman–Crippen MR) is 368 cm³/mol. The zero-order chi connectivity index (χ0) is 68.5. The normalized spacial score (nSPS) is 17.9. The second-order valence-corrected chi connectivity index (χ2v) is 25.7. The summed E-state index contributed by atoms with van der Waals surface area (Å²) < 4.78 is 57.9. The zero-order valence-corrected chi connectivity index (χ0v) is 56.9. The molecule has 0 spiro atoms. The number of aliphatic hydroxyl groups excluding tert-OH is 4. The number of nitrogens with zero attached hydrogens (tertiary/aromatic N) is 3. The van der Waals surface area contributed by atoms with E-state index in [1.807, 2.05) is 98.8 Å². The number of carbonyl (C=O) groups is 3. The van der Waals surface area contributed by atoms with Gasteiger partial charge >= 0.3 is 43.7 Å². The number of ether oxygens (including phenoxy) is 3. The summed E-state index contributed by atoms with van der Waals surface area (Å²) in [6, 6.07) is 42.9. The first kappa shape index (κ1) is 72.7. The molecule has 15 nitrogen and oxygen atoms in total. The Morgan fingerprint density at radius 1 is 0.531 bits per heavy atom. The van der Waals surface area contributed by atoms with Crippen LogP contribution in [0, 0.1) is 17.5 Å².